The molecule has 1 aromatic carbocycles. The summed E-state index contributed by atoms with van der Waals surface area (Å²) in [4.78, 5) is 1.30. The second kappa shape index (κ2) is 5.77. The Morgan fingerprint density at radius 1 is 1.25 bits per heavy atom. The van der Waals surface area contributed by atoms with Crippen molar-refractivity contribution < 1.29 is 17.6 Å². The molecular formula is C13H13F4N3. The molecule has 3 nitrogen and oxygen atoms in total. The van der Waals surface area contributed by atoms with E-state index in [0.717, 1.165) is 18.2 Å². The summed E-state index contributed by atoms with van der Waals surface area (Å²) in [5, 5.41) is 11.7. The largest absolute Gasteiger partial charge is 0.408 e. The van der Waals surface area contributed by atoms with Crippen LogP contribution in [0.1, 0.15) is 17.2 Å². The van der Waals surface area contributed by atoms with Crippen LogP contribution < -0.4 is 5.32 Å². The molecule has 1 atom stereocenters. The highest BCUT2D eigenvalue weighted by Gasteiger charge is 2.45. The van der Waals surface area contributed by atoms with Gasteiger partial charge in [-0.3, -0.25) is 4.90 Å². The summed E-state index contributed by atoms with van der Waals surface area (Å²) in [5.74, 6) is -0.808. The molecule has 0 saturated carbocycles. The van der Waals surface area contributed by atoms with Crippen molar-refractivity contribution in [2.75, 3.05) is 26.2 Å². The summed E-state index contributed by atoms with van der Waals surface area (Å²) < 4.78 is 53.1. The summed E-state index contributed by atoms with van der Waals surface area (Å²) in [6.07, 6.45) is -4.47. The average Bonchev–Trinajstić information content (AvgIpc) is 2.40. The first-order chi connectivity index (χ1) is 9.43. The van der Waals surface area contributed by atoms with Gasteiger partial charge in [0, 0.05) is 26.2 Å². The first-order valence-corrected chi connectivity index (χ1v) is 6.14. The van der Waals surface area contributed by atoms with E-state index in [2.05, 4.69) is 5.32 Å². The van der Waals surface area contributed by atoms with E-state index in [1.165, 1.54) is 4.90 Å². The lowest BCUT2D eigenvalue weighted by molar-refractivity contribution is -0.187. The van der Waals surface area contributed by atoms with Crippen LogP contribution in [-0.4, -0.2) is 37.3 Å². The van der Waals surface area contributed by atoms with Crippen LogP contribution in [-0.2, 0) is 0 Å². The monoisotopic (exact) mass is 287 g/mol. The molecule has 20 heavy (non-hydrogen) atoms. The lowest BCUT2D eigenvalue weighted by atomic mass is 10.0. The van der Waals surface area contributed by atoms with E-state index in [-0.39, 0.29) is 24.2 Å². The first kappa shape index (κ1) is 14.8. The van der Waals surface area contributed by atoms with E-state index in [9.17, 15) is 17.6 Å². The number of rotatable bonds is 2. The quantitative estimate of drug-likeness (QED) is 0.848. The predicted octanol–water partition coefficient (Wildman–Crippen LogP) is 2.21. The fourth-order valence-electron chi connectivity index (χ4n) is 2.35. The highest BCUT2D eigenvalue weighted by Crippen LogP contribution is 2.38. The topological polar surface area (TPSA) is 39.1 Å². The molecule has 1 aromatic rings. The van der Waals surface area contributed by atoms with Crippen LogP contribution in [0.15, 0.2) is 18.2 Å². The zero-order chi connectivity index (χ0) is 14.8. The van der Waals surface area contributed by atoms with E-state index < -0.39 is 18.0 Å². The molecule has 0 aliphatic carbocycles. The van der Waals surface area contributed by atoms with Crippen molar-refractivity contribution in [2.45, 2.75) is 12.2 Å². The van der Waals surface area contributed by atoms with E-state index in [0.29, 0.717) is 13.1 Å². The van der Waals surface area contributed by atoms with Gasteiger partial charge in [-0.2, -0.15) is 18.4 Å². The number of hydrogen-bond donors (Lipinski definition) is 1. The van der Waals surface area contributed by atoms with Crippen LogP contribution in [0.2, 0.25) is 0 Å². The van der Waals surface area contributed by atoms with Gasteiger partial charge in [0.25, 0.3) is 0 Å². The van der Waals surface area contributed by atoms with E-state index in [1.807, 2.05) is 0 Å². The lowest BCUT2D eigenvalue weighted by Gasteiger charge is -2.36. The number of alkyl halides is 3. The van der Waals surface area contributed by atoms with Crippen molar-refractivity contribution in [3.63, 3.8) is 0 Å². The average molecular weight is 287 g/mol. The molecule has 0 radical (unpaired) electrons. The van der Waals surface area contributed by atoms with E-state index in [1.54, 1.807) is 6.07 Å². The fraction of sp³-hybridized carbons (Fsp3) is 0.462. The van der Waals surface area contributed by atoms with Gasteiger partial charge in [0.15, 0.2) is 0 Å². The van der Waals surface area contributed by atoms with E-state index in [4.69, 9.17) is 5.26 Å². The van der Waals surface area contributed by atoms with Crippen molar-refractivity contribution in [3.8, 4) is 6.07 Å². The van der Waals surface area contributed by atoms with Crippen LogP contribution in [0.25, 0.3) is 0 Å². The first-order valence-electron chi connectivity index (χ1n) is 6.14. The molecule has 2 rings (SSSR count). The van der Waals surface area contributed by atoms with Crippen molar-refractivity contribution in [1.82, 2.24) is 10.2 Å². The molecule has 0 unspecified atom stereocenters. The minimum Gasteiger partial charge on any atom is -0.314 e. The zero-order valence-electron chi connectivity index (χ0n) is 10.5. The highest BCUT2D eigenvalue weighted by atomic mass is 19.4. The normalized spacial score (nSPS) is 18.6. The van der Waals surface area contributed by atoms with Gasteiger partial charge in [-0.05, 0) is 17.7 Å². The molecule has 1 N–H and O–H groups in total. The Balaban J connectivity index is 2.39. The predicted molar refractivity (Wildman–Crippen MR) is 64.4 cm³/mol. The maximum absolute atomic E-state index is 13.3. The third kappa shape index (κ3) is 3.08. The smallest absolute Gasteiger partial charge is 0.314 e. The lowest BCUT2D eigenvalue weighted by Crippen LogP contribution is -2.49. The molecule has 0 bridgehead atoms. The number of nitrogens with zero attached hydrogens (tertiary/aromatic N) is 2. The molecule has 7 heteroatoms. The highest BCUT2D eigenvalue weighted by molar-refractivity contribution is 5.36. The van der Waals surface area contributed by atoms with Crippen LogP contribution in [0.5, 0.6) is 0 Å². The van der Waals surface area contributed by atoms with Crippen LogP contribution >= 0.6 is 0 Å². The molecule has 1 aliphatic heterocycles. The third-order valence-corrected chi connectivity index (χ3v) is 3.25. The van der Waals surface area contributed by atoms with Gasteiger partial charge < -0.3 is 5.32 Å². The molecule has 1 fully saturated rings. The summed E-state index contributed by atoms with van der Waals surface area (Å²) in [7, 11) is 0. The van der Waals surface area contributed by atoms with Gasteiger partial charge in [-0.1, -0.05) is 6.07 Å². The Kier molecular flexibility index (Phi) is 4.26. The van der Waals surface area contributed by atoms with Gasteiger partial charge in [-0.25, -0.2) is 4.39 Å². The number of hydrogen-bond acceptors (Lipinski definition) is 3. The van der Waals surface area contributed by atoms with Gasteiger partial charge in [0.1, 0.15) is 17.9 Å². The molecule has 0 amide bonds. The number of nitriles is 1. The number of nitrogens with one attached hydrogen (secondary N) is 1. The number of benzene rings is 1. The summed E-state index contributed by atoms with van der Waals surface area (Å²) in [5.41, 5.74) is -0.468. The maximum Gasteiger partial charge on any atom is 0.408 e. The van der Waals surface area contributed by atoms with Crippen LogP contribution in [0.3, 0.4) is 0 Å². The van der Waals surface area contributed by atoms with Crippen molar-refractivity contribution in [2.24, 2.45) is 0 Å². The Morgan fingerprint density at radius 2 is 1.90 bits per heavy atom. The van der Waals surface area contributed by atoms with E-state index >= 15 is 0 Å². The molecule has 0 aromatic heterocycles. The van der Waals surface area contributed by atoms with Crippen molar-refractivity contribution >= 4 is 0 Å². The Bertz CT molecular complexity index is 515. The second-order valence-corrected chi connectivity index (χ2v) is 4.58. The minimum atomic E-state index is -4.47. The van der Waals surface area contributed by atoms with Gasteiger partial charge in [-0.15, -0.1) is 0 Å². The van der Waals surface area contributed by atoms with Gasteiger partial charge >= 0.3 is 6.18 Å². The Labute approximate surface area is 113 Å². The maximum atomic E-state index is 13.3. The molecule has 108 valence electrons. The standard InChI is InChI=1S/C13H13F4N3/c14-11-2-1-9(7-10(11)8-18)12(13(15,16)17)20-5-3-19-4-6-20/h1-2,7,12,19H,3-6H2/t12-/m1/s1. The number of halogens is 4. The van der Waals surface area contributed by atoms with Crippen molar-refractivity contribution in [1.29, 1.82) is 5.26 Å². The minimum absolute atomic E-state index is 0.0997. The number of piperazine rings is 1. The van der Waals surface area contributed by atoms with Gasteiger partial charge in [0.2, 0.25) is 0 Å². The van der Waals surface area contributed by atoms with Crippen molar-refractivity contribution in [3.05, 3.63) is 35.1 Å². The molecule has 1 aliphatic rings. The summed E-state index contributed by atoms with van der Waals surface area (Å²) >= 11 is 0. The molecule has 1 saturated heterocycles. The van der Waals surface area contributed by atoms with Crippen LogP contribution in [0.4, 0.5) is 17.6 Å². The Hall–Kier alpha value is -1.65. The summed E-state index contributed by atoms with van der Waals surface area (Å²) in [6, 6.07) is 2.75. The summed E-state index contributed by atoms with van der Waals surface area (Å²) in [6.45, 7) is 1.45. The third-order valence-electron chi connectivity index (χ3n) is 3.25. The fourth-order valence-corrected chi connectivity index (χ4v) is 2.35. The second-order valence-electron chi connectivity index (χ2n) is 4.58. The molecule has 0 spiro atoms. The Morgan fingerprint density at radius 3 is 2.45 bits per heavy atom. The zero-order valence-corrected chi connectivity index (χ0v) is 10.5. The molecular weight excluding hydrogens is 274 g/mol. The van der Waals surface area contributed by atoms with Gasteiger partial charge in [0.05, 0.1) is 5.56 Å². The molecule has 1 heterocycles. The SMILES string of the molecule is N#Cc1cc([C@@H](N2CCNCC2)C(F)(F)F)ccc1F. The van der Waals surface area contributed by atoms with Crippen LogP contribution in [0, 0.1) is 17.1 Å².